The third kappa shape index (κ3) is 6.54. The molecule has 3 aromatic rings. The fourth-order valence-electron chi connectivity index (χ4n) is 3.19. The maximum absolute atomic E-state index is 12.2. The summed E-state index contributed by atoms with van der Waals surface area (Å²) in [5.74, 6) is 0.0778. The second-order valence-corrected chi connectivity index (χ2v) is 6.98. The third-order valence-corrected chi connectivity index (χ3v) is 4.56. The Morgan fingerprint density at radius 1 is 1.00 bits per heavy atom. The Bertz CT molecular complexity index is 945. The van der Waals surface area contributed by atoms with Gasteiger partial charge in [0.1, 0.15) is 5.75 Å². The fraction of sp³-hybridized carbons (Fsp3) is 0.261. The molecule has 0 radical (unpaired) electrons. The largest absolute Gasteiger partial charge is 0.435 e. The monoisotopic (exact) mass is 398 g/mol. The van der Waals surface area contributed by atoms with Crippen LogP contribution < -0.4 is 10.1 Å². The Hall–Kier alpha value is -2.99. The molecule has 0 heterocycles. The molecule has 0 aromatic heterocycles. The molecule has 0 aliphatic carbocycles. The molecular weight excluding hydrogens is 374 g/mol. The number of alkyl halides is 2. The van der Waals surface area contributed by atoms with Crippen LogP contribution >= 0.6 is 0 Å². The second-order valence-electron chi connectivity index (χ2n) is 6.98. The summed E-state index contributed by atoms with van der Waals surface area (Å²) in [7, 11) is 1.91. The zero-order valence-corrected chi connectivity index (χ0v) is 16.3. The van der Waals surface area contributed by atoms with Gasteiger partial charge in [0.2, 0.25) is 5.91 Å². The molecule has 152 valence electrons. The minimum absolute atomic E-state index is 0.0501. The van der Waals surface area contributed by atoms with Crippen molar-refractivity contribution in [1.29, 1.82) is 0 Å². The zero-order chi connectivity index (χ0) is 20.6. The molecule has 1 N–H and O–H groups in total. The predicted molar refractivity (Wildman–Crippen MR) is 110 cm³/mol. The average molecular weight is 398 g/mol. The van der Waals surface area contributed by atoms with E-state index in [0.29, 0.717) is 26.1 Å². The van der Waals surface area contributed by atoms with Crippen LogP contribution in [0.1, 0.15) is 11.1 Å². The number of likely N-dealkylation sites (N-methyl/N-ethyl adjacent to an activating group) is 1. The first kappa shape index (κ1) is 20.7. The van der Waals surface area contributed by atoms with Crippen LogP contribution in [-0.2, 0) is 17.8 Å². The Balaban J connectivity index is 1.41. The van der Waals surface area contributed by atoms with Crippen molar-refractivity contribution in [3.63, 3.8) is 0 Å². The number of amides is 1. The Morgan fingerprint density at radius 3 is 2.41 bits per heavy atom. The number of nitrogens with one attached hydrogen (secondary N) is 1. The number of ether oxygens (including phenoxy) is 1. The van der Waals surface area contributed by atoms with Gasteiger partial charge in [0.15, 0.2) is 0 Å². The molecule has 29 heavy (non-hydrogen) atoms. The van der Waals surface area contributed by atoms with Crippen LogP contribution in [-0.4, -0.2) is 37.6 Å². The molecule has 3 aromatic carbocycles. The first-order chi connectivity index (χ1) is 14.0. The van der Waals surface area contributed by atoms with Gasteiger partial charge in [-0.2, -0.15) is 8.78 Å². The van der Waals surface area contributed by atoms with Crippen LogP contribution in [0.3, 0.4) is 0 Å². The highest BCUT2D eigenvalue weighted by molar-refractivity contribution is 5.83. The van der Waals surface area contributed by atoms with E-state index in [4.69, 9.17) is 0 Å². The van der Waals surface area contributed by atoms with Crippen molar-refractivity contribution < 1.29 is 18.3 Å². The van der Waals surface area contributed by atoms with Crippen molar-refractivity contribution in [2.45, 2.75) is 19.6 Å². The molecule has 6 heteroatoms. The number of fused-ring (bicyclic) bond motifs is 1. The molecule has 3 rings (SSSR count). The molecule has 0 aliphatic rings. The lowest BCUT2D eigenvalue weighted by atomic mass is 10.1. The van der Waals surface area contributed by atoms with Crippen molar-refractivity contribution in [1.82, 2.24) is 10.2 Å². The van der Waals surface area contributed by atoms with Gasteiger partial charge in [-0.05, 0) is 53.6 Å². The number of halogens is 2. The molecule has 0 unspecified atom stereocenters. The highest BCUT2D eigenvalue weighted by Gasteiger charge is 2.08. The van der Waals surface area contributed by atoms with E-state index in [1.807, 2.05) is 24.1 Å². The number of nitrogens with zero attached hydrogens (tertiary/aromatic N) is 1. The molecule has 0 bridgehead atoms. The molecule has 4 nitrogen and oxygen atoms in total. The normalized spacial score (nSPS) is 11.2. The maximum Gasteiger partial charge on any atom is 0.387 e. The lowest BCUT2D eigenvalue weighted by Gasteiger charge is -2.17. The molecule has 0 atom stereocenters. The summed E-state index contributed by atoms with van der Waals surface area (Å²) in [5, 5.41) is 5.28. The minimum Gasteiger partial charge on any atom is -0.435 e. The summed E-state index contributed by atoms with van der Waals surface area (Å²) in [6.45, 7) is -1.36. The number of hydrogen-bond acceptors (Lipinski definition) is 3. The summed E-state index contributed by atoms with van der Waals surface area (Å²) >= 11 is 0. The molecule has 0 saturated heterocycles. The summed E-state index contributed by atoms with van der Waals surface area (Å²) in [5.41, 5.74) is 2.10. The van der Waals surface area contributed by atoms with Gasteiger partial charge < -0.3 is 10.1 Å². The minimum atomic E-state index is -2.83. The maximum atomic E-state index is 12.2. The van der Waals surface area contributed by atoms with E-state index in [1.165, 1.54) is 22.9 Å². The fourth-order valence-corrected chi connectivity index (χ4v) is 3.19. The van der Waals surface area contributed by atoms with E-state index in [1.54, 1.807) is 12.1 Å². The van der Waals surface area contributed by atoms with E-state index in [-0.39, 0.29) is 11.7 Å². The number of hydrogen-bond donors (Lipinski definition) is 1. The topological polar surface area (TPSA) is 41.6 Å². The van der Waals surface area contributed by atoms with Crippen LogP contribution in [0.25, 0.3) is 10.8 Å². The van der Waals surface area contributed by atoms with Crippen LogP contribution in [0, 0.1) is 0 Å². The van der Waals surface area contributed by atoms with Crippen molar-refractivity contribution in [2.24, 2.45) is 0 Å². The lowest BCUT2D eigenvalue weighted by molar-refractivity contribution is -0.122. The average Bonchev–Trinajstić information content (AvgIpc) is 2.68. The van der Waals surface area contributed by atoms with E-state index < -0.39 is 6.61 Å². The van der Waals surface area contributed by atoms with Gasteiger partial charge in [0.05, 0.1) is 6.54 Å². The highest BCUT2D eigenvalue weighted by Crippen LogP contribution is 2.17. The molecule has 0 fully saturated rings. The summed E-state index contributed by atoms with van der Waals surface area (Å²) in [6, 6.07) is 21.0. The second kappa shape index (κ2) is 9.98. The van der Waals surface area contributed by atoms with Crippen LogP contribution in [0.5, 0.6) is 5.75 Å². The Kier molecular flexibility index (Phi) is 7.14. The SMILES string of the molecule is CN(CC(=O)NCCc1ccc(OC(F)F)cc1)Cc1ccc2ccccc2c1. The van der Waals surface area contributed by atoms with E-state index in [0.717, 1.165) is 11.1 Å². The zero-order valence-electron chi connectivity index (χ0n) is 16.3. The van der Waals surface area contributed by atoms with Crippen LogP contribution in [0.15, 0.2) is 66.7 Å². The smallest absolute Gasteiger partial charge is 0.387 e. The predicted octanol–water partition coefficient (Wildman–Crippen LogP) is 4.23. The quantitative estimate of drug-likeness (QED) is 0.586. The van der Waals surface area contributed by atoms with Gasteiger partial charge in [0, 0.05) is 13.1 Å². The van der Waals surface area contributed by atoms with Crippen LogP contribution in [0.4, 0.5) is 8.78 Å². The highest BCUT2D eigenvalue weighted by atomic mass is 19.3. The van der Waals surface area contributed by atoms with Crippen molar-refractivity contribution in [3.8, 4) is 5.75 Å². The Morgan fingerprint density at radius 2 is 1.69 bits per heavy atom. The van der Waals surface area contributed by atoms with Gasteiger partial charge in [-0.25, -0.2) is 0 Å². The third-order valence-electron chi connectivity index (χ3n) is 4.56. The first-order valence-electron chi connectivity index (χ1n) is 9.46. The number of carbonyl (C=O) groups excluding carboxylic acids is 1. The Labute approximate surface area is 169 Å². The van der Waals surface area contributed by atoms with Gasteiger partial charge in [0.25, 0.3) is 0 Å². The molecule has 0 aliphatic heterocycles. The lowest BCUT2D eigenvalue weighted by Crippen LogP contribution is -2.35. The van der Waals surface area contributed by atoms with Gasteiger partial charge in [-0.1, -0.05) is 48.5 Å². The van der Waals surface area contributed by atoms with E-state index in [2.05, 4.69) is 40.4 Å². The summed E-state index contributed by atoms with van der Waals surface area (Å²) < 4.78 is 28.6. The summed E-state index contributed by atoms with van der Waals surface area (Å²) in [4.78, 5) is 14.1. The van der Waals surface area contributed by atoms with Gasteiger partial charge in [-0.3, -0.25) is 9.69 Å². The van der Waals surface area contributed by atoms with Gasteiger partial charge in [-0.15, -0.1) is 0 Å². The molecule has 0 saturated carbocycles. The van der Waals surface area contributed by atoms with E-state index in [9.17, 15) is 13.6 Å². The van der Waals surface area contributed by atoms with Crippen molar-refractivity contribution in [3.05, 3.63) is 77.9 Å². The van der Waals surface area contributed by atoms with Crippen molar-refractivity contribution in [2.75, 3.05) is 20.1 Å². The molecule has 1 amide bonds. The number of carbonyl (C=O) groups is 1. The van der Waals surface area contributed by atoms with E-state index >= 15 is 0 Å². The molecule has 0 spiro atoms. The molecular formula is C23H24F2N2O2. The summed E-state index contributed by atoms with van der Waals surface area (Å²) in [6.07, 6.45) is 0.620. The number of benzene rings is 3. The van der Waals surface area contributed by atoms with Gasteiger partial charge >= 0.3 is 6.61 Å². The first-order valence-corrected chi connectivity index (χ1v) is 9.46. The van der Waals surface area contributed by atoms with Crippen molar-refractivity contribution >= 4 is 16.7 Å². The number of rotatable bonds is 9. The standard InChI is InChI=1S/C23H24F2N2O2/c1-27(15-18-6-9-19-4-2-3-5-20(19)14-18)16-22(28)26-13-12-17-7-10-21(11-8-17)29-23(24)25/h2-11,14,23H,12-13,15-16H2,1H3,(H,26,28). The van der Waals surface area contributed by atoms with Crippen LogP contribution in [0.2, 0.25) is 0 Å².